The number of esters is 1. The standard InChI is InChI=1S/C21H25NO4/c1-15-9-12-19(25-3)18(13-15)21(24)26-14-20(23)22-16(2)10-11-17-7-5-4-6-8-17/h4-9,12-13,16H,10-11,14H2,1-3H3,(H,22,23)/t16-/m0/s1. The Labute approximate surface area is 154 Å². The van der Waals surface area contributed by atoms with E-state index in [1.54, 1.807) is 12.1 Å². The lowest BCUT2D eigenvalue weighted by atomic mass is 10.1. The summed E-state index contributed by atoms with van der Waals surface area (Å²) in [5.74, 6) is -0.458. The van der Waals surface area contributed by atoms with Crippen LogP contribution in [0.15, 0.2) is 48.5 Å². The molecular formula is C21H25NO4. The Morgan fingerprint density at radius 1 is 1.12 bits per heavy atom. The molecule has 2 aromatic carbocycles. The highest BCUT2D eigenvalue weighted by Gasteiger charge is 2.16. The first-order chi connectivity index (χ1) is 12.5. The van der Waals surface area contributed by atoms with Gasteiger partial charge in [0.25, 0.3) is 5.91 Å². The van der Waals surface area contributed by atoms with Gasteiger partial charge >= 0.3 is 5.97 Å². The van der Waals surface area contributed by atoms with Crippen molar-refractivity contribution in [3.8, 4) is 5.75 Å². The van der Waals surface area contributed by atoms with Gasteiger partial charge in [0.2, 0.25) is 0 Å². The lowest BCUT2D eigenvalue weighted by Gasteiger charge is -2.14. The number of benzene rings is 2. The number of carbonyl (C=O) groups excluding carboxylic acids is 2. The summed E-state index contributed by atoms with van der Waals surface area (Å²) in [5, 5.41) is 2.85. The summed E-state index contributed by atoms with van der Waals surface area (Å²) >= 11 is 0. The Balaban J connectivity index is 1.79. The van der Waals surface area contributed by atoms with Gasteiger partial charge in [-0.25, -0.2) is 4.79 Å². The fourth-order valence-corrected chi connectivity index (χ4v) is 2.61. The number of hydrogen-bond donors (Lipinski definition) is 1. The van der Waals surface area contributed by atoms with Crippen molar-refractivity contribution in [2.24, 2.45) is 0 Å². The molecule has 0 saturated heterocycles. The Bertz CT molecular complexity index is 743. The van der Waals surface area contributed by atoms with Crippen LogP contribution in [0, 0.1) is 6.92 Å². The van der Waals surface area contributed by atoms with Gasteiger partial charge in [-0.3, -0.25) is 4.79 Å². The van der Waals surface area contributed by atoms with Gasteiger partial charge in [-0.05, 0) is 44.4 Å². The molecule has 1 amide bonds. The minimum atomic E-state index is -0.572. The molecule has 5 nitrogen and oxygen atoms in total. The van der Waals surface area contributed by atoms with Crippen LogP contribution in [-0.2, 0) is 16.0 Å². The molecule has 0 radical (unpaired) electrons. The van der Waals surface area contributed by atoms with Crippen LogP contribution in [0.2, 0.25) is 0 Å². The summed E-state index contributed by atoms with van der Waals surface area (Å²) in [7, 11) is 1.49. The van der Waals surface area contributed by atoms with E-state index in [0.717, 1.165) is 18.4 Å². The highest BCUT2D eigenvalue weighted by atomic mass is 16.5. The summed E-state index contributed by atoms with van der Waals surface area (Å²) in [6.45, 7) is 3.50. The molecule has 1 atom stereocenters. The van der Waals surface area contributed by atoms with E-state index in [-0.39, 0.29) is 18.6 Å². The van der Waals surface area contributed by atoms with E-state index in [1.165, 1.54) is 12.7 Å². The second kappa shape index (κ2) is 9.61. The van der Waals surface area contributed by atoms with Crippen LogP contribution in [0.4, 0.5) is 0 Å². The summed E-state index contributed by atoms with van der Waals surface area (Å²) in [4.78, 5) is 24.2. The maximum Gasteiger partial charge on any atom is 0.342 e. The van der Waals surface area contributed by atoms with E-state index in [9.17, 15) is 9.59 Å². The van der Waals surface area contributed by atoms with Crippen LogP contribution in [0.1, 0.15) is 34.8 Å². The molecule has 0 heterocycles. The van der Waals surface area contributed by atoms with Crippen molar-refractivity contribution in [1.29, 1.82) is 0 Å². The molecule has 0 unspecified atom stereocenters. The van der Waals surface area contributed by atoms with Gasteiger partial charge < -0.3 is 14.8 Å². The van der Waals surface area contributed by atoms with Gasteiger partial charge in [-0.15, -0.1) is 0 Å². The van der Waals surface area contributed by atoms with Crippen molar-refractivity contribution in [3.63, 3.8) is 0 Å². The van der Waals surface area contributed by atoms with Crippen LogP contribution in [-0.4, -0.2) is 31.6 Å². The predicted molar refractivity (Wildman–Crippen MR) is 100 cm³/mol. The van der Waals surface area contributed by atoms with Crippen molar-refractivity contribution in [2.75, 3.05) is 13.7 Å². The lowest BCUT2D eigenvalue weighted by molar-refractivity contribution is -0.124. The van der Waals surface area contributed by atoms with Crippen molar-refractivity contribution < 1.29 is 19.1 Å². The number of nitrogens with one attached hydrogen (secondary N) is 1. The quantitative estimate of drug-likeness (QED) is 0.738. The summed E-state index contributed by atoms with van der Waals surface area (Å²) < 4.78 is 10.3. The molecule has 0 saturated carbocycles. The van der Waals surface area contributed by atoms with E-state index in [2.05, 4.69) is 17.4 Å². The van der Waals surface area contributed by atoms with Gasteiger partial charge in [0.1, 0.15) is 11.3 Å². The molecule has 5 heteroatoms. The highest BCUT2D eigenvalue weighted by Crippen LogP contribution is 2.20. The van der Waals surface area contributed by atoms with Crippen LogP contribution >= 0.6 is 0 Å². The molecule has 0 bridgehead atoms. The number of amides is 1. The molecule has 0 spiro atoms. The Morgan fingerprint density at radius 2 is 1.85 bits per heavy atom. The molecule has 0 aliphatic heterocycles. The third-order valence-corrected chi connectivity index (χ3v) is 4.03. The normalized spacial score (nSPS) is 11.5. The minimum Gasteiger partial charge on any atom is -0.496 e. The van der Waals surface area contributed by atoms with E-state index < -0.39 is 5.97 Å². The number of ether oxygens (including phenoxy) is 2. The monoisotopic (exact) mass is 355 g/mol. The maximum atomic E-state index is 12.2. The first-order valence-corrected chi connectivity index (χ1v) is 8.64. The second-order valence-electron chi connectivity index (χ2n) is 6.27. The number of aryl methyl sites for hydroxylation is 2. The zero-order chi connectivity index (χ0) is 18.9. The van der Waals surface area contributed by atoms with Crippen molar-refractivity contribution >= 4 is 11.9 Å². The van der Waals surface area contributed by atoms with Crippen molar-refractivity contribution in [3.05, 3.63) is 65.2 Å². The summed E-state index contributed by atoms with van der Waals surface area (Å²) in [6.07, 6.45) is 1.69. The number of methoxy groups -OCH3 is 1. The Kier molecular flexibility index (Phi) is 7.21. The molecule has 0 fully saturated rings. The van der Waals surface area contributed by atoms with Gasteiger partial charge in [-0.1, -0.05) is 42.0 Å². The van der Waals surface area contributed by atoms with Crippen LogP contribution in [0.3, 0.4) is 0 Å². The van der Waals surface area contributed by atoms with Gasteiger partial charge in [0.15, 0.2) is 6.61 Å². The summed E-state index contributed by atoms with van der Waals surface area (Å²) in [5.41, 5.74) is 2.46. The zero-order valence-electron chi connectivity index (χ0n) is 15.5. The zero-order valence-corrected chi connectivity index (χ0v) is 15.5. The van der Waals surface area contributed by atoms with E-state index in [0.29, 0.717) is 11.3 Å². The number of hydrogen-bond acceptors (Lipinski definition) is 4. The molecule has 1 N–H and O–H groups in total. The first-order valence-electron chi connectivity index (χ1n) is 8.64. The molecule has 0 aromatic heterocycles. The Morgan fingerprint density at radius 3 is 2.54 bits per heavy atom. The SMILES string of the molecule is COc1ccc(C)cc1C(=O)OCC(=O)N[C@@H](C)CCc1ccccc1. The van der Waals surface area contributed by atoms with Gasteiger partial charge in [-0.2, -0.15) is 0 Å². The van der Waals surface area contributed by atoms with E-state index in [4.69, 9.17) is 9.47 Å². The molecule has 0 aliphatic carbocycles. The molecule has 2 rings (SSSR count). The van der Waals surface area contributed by atoms with Crippen molar-refractivity contribution in [1.82, 2.24) is 5.32 Å². The molecule has 26 heavy (non-hydrogen) atoms. The number of rotatable bonds is 8. The third kappa shape index (κ3) is 5.92. The highest BCUT2D eigenvalue weighted by molar-refractivity contribution is 5.94. The average molecular weight is 355 g/mol. The fraction of sp³-hybridized carbons (Fsp3) is 0.333. The van der Waals surface area contributed by atoms with Gasteiger partial charge in [0.05, 0.1) is 7.11 Å². The van der Waals surface area contributed by atoms with E-state index in [1.807, 2.05) is 38.1 Å². The molecule has 138 valence electrons. The predicted octanol–water partition coefficient (Wildman–Crippen LogP) is 3.30. The minimum absolute atomic E-state index is 0.00471. The molecule has 2 aromatic rings. The smallest absolute Gasteiger partial charge is 0.342 e. The van der Waals surface area contributed by atoms with Crippen LogP contribution < -0.4 is 10.1 Å². The van der Waals surface area contributed by atoms with Crippen LogP contribution in [0.5, 0.6) is 5.75 Å². The third-order valence-electron chi connectivity index (χ3n) is 4.03. The largest absolute Gasteiger partial charge is 0.496 e. The average Bonchev–Trinajstić information content (AvgIpc) is 2.65. The maximum absolute atomic E-state index is 12.2. The van der Waals surface area contributed by atoms with E-state index >= 15 is 0 Å². The van der Waals surface area contributed by atoms with Gasteiger partial charge in [0, 0.05) is 6.04 Å². The fourth-order valence-electron chi connectivity index (χ4n) is 2.61. The second-order valence-corrected chi connectivity index (χ2v) is 6.27. The molecule has 0 aliphatic rings. The number of carbonyl (C=O) groups is 2. The first kappa shape index (κ1) is 19.5. The topological polar surface area (TPSA) is 64.6 Å². The Hall–Kier alpha value is -2.82. The van der Waals surface area contributed by atoms with Crippen molar-refractivity contribution in [2.45, 2.75) is 32.7 Å². The summed E-state index contributed by atoms with van der Waals surface area (Å²) in [6, 6.07) is 15.3. The molecular weight excluding hydrogens is 330 g/mol. The van der Waals surface area contributed by atoms with Crippen LogP contribution in [0.25, 0.3) is 0 Å². The lowest BCUT2D eigenvalue weighted by Crippen LogP contribution is -2.36.